The van der Waals surface area contributed by atoms with Gasteiger partial charge < -0.3 is 0 Å². The molecule has 3 aliphatic carbocycles. The zero-order valence-corrected chi connectivity index (χ0v) is 31.8. The first-order chi connectivity index (χ1) is 27.0. The fourth-order valence-electron chi connectivity index (χ4n) is 9.87. The van der Waals surface area contributed by atoms with Gasteiger partial charge in [-0.2, -0.15) is 0 Å². The van der Waals surface area contributed by atoms with Crippen LogP contribution in [-0.4, -0.2) is 0 Å². The summed E-state index contributed by atoms with van der Waals surface area (Å²) < 4.78 is 0. The predicted molar refractivity (Wildman–Crippen MR) is 235 cm³/mol. The fraction of sp³-hybridized carbons (Fsp3) is 0.164. The molecule has 55 heavy (non-hydrogen) atoms. The molecule has 0 saturated carbocycles. The Labute approximate surface area is 325 Å². The van der Waals surface area contributed by atoms with Crippen molar-refractivity contribution in [3.8, 4) is 11.1 Å². The van der Waals surface area contributed by atoms with Crippen LogP contribution < -0.4 is 0 Å². The first-order valence-corrected chi connectivity index (χ1v) is 20.1. The lowest BCUT2D eigenvalue weighted by molar-refractivity contribution is 0.394. The average molecular weight is 707 g/mol. The second kappa shape index (κ2) is 13.7. The summed E-state index contributed by atoms with van der Waals surface area (Å²) in [7, 11) is 0. The van der Waals surface area contributed by atoms with Crippen LogP contribution in [0.1, 0.15) is 83.9 Å². The summed E-state index contributed by atoms with van der Waals surface area (Å²) in [6.45, 7) is 4.89. The van der Waals surface area contributed by atoms with Gasteiger partial charge in [-0.1, -0.05) is 190 Å². The number of allylic oxidation sites excluding steroid dienone is 6. The summed E-state index contributed by atoms with van der Waals surface area (Å²) in [4.78, 5) is 0. The highest BCUT2D eigenvalue weighted by Gasteiger charge is 2.44. The molecule has 0 saturated heterocycles. The van der Waals surface area contributed by atoms with Gasteiger partial charge in [-0.3, -0.25) is 0 Å². The van der Waals surface area contributed by atoms with Crippen LogP contribution in [0.2, 0.25) is 0 Å². The molecule has 0 fully saturated rings. The highest BCUT2D eigenvalue weighted by Crippen LogP contribution is 2.53. The molecule has 3 unspecified atom stereocenters. The topological polar surface area (TPSA) is 0 Å². The van der Waals surface area contributed by atoms with Gasteiger partial charge in [-0.05, 0) is 131 Å². The van der Waals surface area contributed by atoms with Gasteiger partial charge >= 0.3 is 0 Å². The van der Waals surface area contributed by atoms with Crippen molar-refractivity contribution < 1.29 is 0 Å². The summed E-state index contributed by atoms with van der Waals surface area (Å²) in [6, 6.07) is 57.1. The Morgan fingerprint density at radius 1 is 0.491 bits per heavy atom. The Morgan fingerprint density at radius 3 is 1.91 bits per heavy atom. The minimum Gasteiger partial charge on any atom is -0.0796 e. The van der Waals surface area contributed by atoms with E-state index in [4.69, 9.17) is 0 Å². The molecule has 266 valence electrons. The number of rotatable bonds is 4. The molecule has 10 rings (SSSR count). The van der Waals surface area contributed by atoms with Crippen LogP contribution in [0.5, 0.6) is 0 Å². The van der Waals surface area contributed by atoms with E-state index in [0.717, 1.165) is 19.3 Å². The highest BCUT2D eigenvalue weighted by atomic mass is 14.5. The average Bonchev–Trinajstić information content (AvgIpc) is 3.47. The van der Waals surface area contributed by atoms with Gasteiger partial charge in [0.15, 0.2) is 0 Å². The first kappa shape index (κ1) is 33.6. The first-order valence-electron chi connectivity index (χ1n) is 20.1. The number of hydrogen-bond acceptors (Lipinski definition) is 0. The molecule has 0 aromatic heterocycles. The quantitative estimate of drug-likeness (QED) is 0.171. The van der Waals surface area contributed by atoms with Crippen LogP contribution in [0.3, 0.4) is 0 Å². The van der Waals surface area contributed by atoms with Crippen LogP contribution in [-0.2, 0) is 5.41 Å². The monoisotopic (exact) mass is 706 g/mol. The highest BCUT2D eigenvalue weighted by molar-refractivity contribution is 5.93. The molecule has 0 bridgehead atoms. The third-order valence-electron chi connectivity index (χ3n) is 12.9. The second-order valence-corrected chi connectivity index (χ2v) is 16.4. The van der Waals surface area contributed by atoms with Gasteiger partial charge in [0.2, 0.25) is 0 Å². The molecule has 7 aromatic rings. The molecule has 0 nitrogen and oxygen atoms in total. The Hall–Kier alpha value is -5.98. The molecule has 0 aliphatic heterocycles. The molecule has 3 atom stereocenters. The van der Waals surface area contributed by atoms with Crippen LogP contribution >= 0.6 is 0 Å². The molecule has 0 spiro atoms. The SMILES string of the molecule is CC1(C)c2cc(C3=CCC(c4ccc5ccccc5c4)CCC=C(c4cccc(-c5ccc6ccccc6c5)c4)c4ccccc43)ccc2C2C=CC=CC21. The number of hydrogen-bond donors (Lipinski definition) is 0. The molecular formula is C55H46. The predicted octanol–water partition coefficient (Wildman–Crippen LogP) is 14.6. The van der Waals surface area contributed by atoms with Crippen molar-refractivity contribution in [3.63, 3.8) is 0 Å². The van der Waals surface area contributed by atoms with Crippen molar-refractivity contribution in [2.45, 2.75) is 50.4 Å². The van der Waals surface area contributed by atoms with Crippen molar-refractivity contribution in [1.29, 1.82) is 0 Å². The van der Waals surface area contributed by atoms with E-state index in [1.54, 1.807) is 0 Å². The van der Waals surface area contributed by atoms with E-state index in [2.05, 4.69) is 202 Å². The summed E-state index contributed by atoms with van der Waals surface area (Å²) in [6.07, 6.45) is 17.5. The van der Waals surface area contributed by atoms with E-state index in [1.165, 1.54) is 82.8 Å². The zero-order valence-electron chi connectivity index (χ0n) is 31.8. The Kier molecular flexibility index (Phi) is 8.37. The molecule has 0 amide bonds. The minimum atomic E-state index is 0.0508. The van der Waals surface area contributed by atoms with E-state index in [9.17, 15) is 0 Å². The van der Waals surface area contributed by atoms with Crippen LogP contribution in [0.15, 0.2) is 188 Å². The summed E-state index contributed by atoms with van der Waals surface area (Å²) >= 11 is 0. The maximum atomic E-state index is 2.57. The molecule has 0 N–H and O–H groups in total. The van der Waals surface area contributed by atoms with Crippen LogP contribution in [0.25, 0.3) is 43.8 Å². The smallest absolute Gasteiger partial charge is 0.00953 e. The Balaban J connectivity index is 1.13. The van der Waals surface area contributed by atoms with E-state index in [-0.39, 0.29) is 5.41 Å². The van der Waals surface area contributed by atoms with Gasteiger partial charge in [0.1, 0.15) is 0 Å². The van der Waals surface area contributed by atoms with E-state index in [1.807, 2.05) is 0 Å². The maximum Gasteiger partial charge on any atom is 0.00953 e. The van der Waals surface area contributed by atoms with Gasteiger partial charge in [-0.25, -0.2) is 0 Å². The third-order valence-corrected chi connectivity index (χ3v) is 12.9. The van der Waals surface area contributed by atoms with Crippen LogP contribution in [0.4, 0.5) is 0 Å². The van der Waals surface area contributed by atoms with Crippen molar-refractivity contribution in [1.82, 2.24) is 0 Å². The van der Waals surface area contributed by atoms with Gasteiger partial charge in [0, 0.05) is 5.92 Å². The van der Waals surface area contributed by atoms with Gasteiger partial charge in [0.25, 0.3) is 0 Å². The molecule has 0 heteroatoms. The lowest BCUT2D eigenvalue weighted by Gasteiger charge is -2.29. The van der Waals surface area contributed by atoms with E-state index < -0.39 is 0 Å². The third kappa shape index (κ3) is 6.02. The van der Waals surface area contributed by atoms with Gasteiger partial charge in [0.05, 0.1) is 0 Å². The standard InChI is InChI=1S/C55H46/c1-55(2)53-24-10-9-22-51(53)52-32-30-46(36-54(52)55)48-31-29-39(43-27-25-37-13-3-5-15-40(37)33-43)17-12-23-47(49-20-7-8-21-50(48)49)45-19-11-18-42(35-45)44-28-26-38-14-4-6-16-41(38)34-44/h3-11,13-16,18-28,30-36,39,51,53H,12,17,29H2,1-2H3. The summed E-state index contributed by atoms with van der Waals surface area (Å²) in [5.41, 5.74) is 14.8. The fourth-order valence-corrected chi connectivity index (χ4v) is 9.87. The van der Waals surface area contributed by atoms with Crippen molar-refractivity contribution in [2.75, 3.05) is 0 Å². The number of benzene rings is 7. The second-order valence-electron chi connectivity index (χ2n) is 16.4. The molecule has 0 heterocycles. The molecule has 3 aliphatic rings. The normalized spacial score (nSPS) is 20.0. The number of fused-ring (bicyclic) bond motifs is 6. The lowest BCUT2D eigenvalue weighted by atomic mass is 9.74. The van der Waals surface area contributed by atoms with Crippen molar-refractivity contribution in [3.05, 3.63) is 227 Å². The minimum absolute atomic E-state index is 0.0508. The Morgan fingerprint density at radius 2 is 1.11 bits per heavy atom. The van der Waals surface area contributed by atoms with Crippen molar-refractivity contribution in [2.24, 2.45) is 5.92 Å². The maximum absolute atomic E-state index is 2.57. The molecule has 0 radical (unpaired) electrons. The van der Waals surface area contributed by atoms with Crippen molar-refractivity contribution >= 4 is 32.7 Å². The summed E-state index contributed by atoms with van der Waals surface area (Å²) in [5, 5.41) is 5.16. The lowest BCUT2D eigenvalue weighted by Crippen LogP contribution is -2.24. The van der Waals surface area contributed by atoms with Gasteiger partial charge in [-0.15, -0.1) is 0 Å². The molecule has 7 aromatic carbocycles. The van der Waals surface area contributed by atoms with E-state index >= 15 is 0 Å². The largest absolute Gasteiger partial charge is 0.0796 e. The zero-order chi connectivity index (χ0) is 36.9. The molecular weight excluding hydrogens is 661 g/mol. The van der Waals surface area contributed by atoms with E-state index in [0.29, 0.717) is 17.8 Å². The Bertz CT molecular complexity index is 2730. The summed E-state index contributed by atoms with van der Waals surface area (Å²) in [5.74, 6) is 1.32. The van der Waals surface area contributed by atoms with Crippen LogP contribution in [0, 0.1) is 5.92 Å².